The molecule has 9 heteroatoms. The molecule has 2 aromatic carbocycles. The second kappa shape index (κ2) is 11.7. The van der Waals surface area contributed by atoms with Crippen molar-refractivity contribution in [2.24, 2.45) is 0 Å². The van der Waals surface area contributed by atoms with Crippen LogP contribution in [-0.2, 0) is 24.1 Å². The molecule has 1 aliphatic rings. The maximum Gasteiger partial charge on any atom is 0.277 e. The van der Waals surface area contributed by atoms with Gasteiger partial charge in [0.15, 0.2) is 11.5 Å². The number of rotatable bonds is 11. The highest BCUT2D eigenvalue weighted by Crippen LogP contribution is 2.34. The Kier molecular flexibility index (Phi) is 8.70. The summed E-state index contributed by atoms with van der Waals surface area (Å²) in [4.78, 5) is 25.7. The Morgan fingerprint density at radius 2 is 1.85 bits per heavy atom. The van der Waals surface area contributed by atoms with Gasteiger partial charge in [-0.1, -0.05) is 6.07 Å². The van der Waals surface area contributed by atoms with Gasteiger partial charge in [-0.15, -0.1) is 0 Å². The molecule has 34 heavy (non-hydrogen) atoms. The number of aryl methyl sites for hydroxylation is 1. The molecule has 3 rings (SSSR count). The first kappa shape index (κ1) is 25.3. The van der Waals surface area contributed by atoms with E-state index in [9.17, 15) is 14.9 Å². The topological polar surface area (TPSA) is 103 Å². The van der Waals surface area contributed by atoms with Crippen LogP contribution in [0.25, 0.3) is 0 Å². The number of carbonyl (C=O) groups is 1. The fraction of sp³-hybridized carbons (Fsp3) is 0.480. The summed E-state index contributed by atoms with van der Waals surface area (Å²) in [5.41, 5.74) is 2.85. The zero-order valence-electron chi connectivity index (χ0n) is 20.3. The van der Waals surface area contributed by atoms with E-state index in [0.717, 1.165) is 38.0 Å². The summed E-state index contributed by atoms with van der Waals surface area (Å²) in [6.07, 6.45) is 3.82. The standard InChI is InChI=1S/C25H33N3O6/c1-27(20-8-6-17-7-9-21(32-2)13-18(17)12-20)11-5-10-26-25(29)15-19-14-23(33-3)24(34-4)16-22(19)28(30)31/h7,9,13-14,16,20H,5-6,8,10-12,15H2,1-4H3,(H,26,29). The van der Waals surface area contributed by atoms with E-state index in [1.165, 1.54) is 37.5 Å². The Labute approximate surface area is 200 Å². The van der Waals surface area contributed by atoms with Crippen molar-refractivity contribution < 1.29 is 23.9 Å². The third-order valence-electron chi connectivity index (χ3n) is 6.38. The van der Waals surface area contributed by atoms with Crippen molar-refractivity contribution in [1.82, 2.24) is 10.2 Å². The van der Waals surface area contributed by atoms with Crippen molar-refractivity contribution in [1.29, 1.82) is 0 Å². The fourth-order valence-electron chi connectivity index (χ4n) is 4.41. The smallest absolute Gasteiger partial charge is 0.277 e. The van der Waals surface area contributed by atoms with E-state index >= 15 is 0 Å². The summed E-state index contributed by atoms with van der Waals surface area (Å²) < 4.78 is 15.7. The van der Waals surface area contributed by atoms with Crippen LogP contribution in [0.15, 0.2) is 30.3 Å². The second-order valence-corrected chi connectivity index (χ2v) is 8.49. The number of hydrogen-bond acceptors (Lipinski definition) is 7. The van der Waals surface area contributed by atoms with Crippen LogP contribution in [0.3, 0.4) is 0 Å². The number of nitro groups is 1. The SMILES string of the molecule is COc1ccc2c(c1)CC(N(C)CCCNC(=O)Cc1cc(OC)c(OC)cc1[N+](=O)[O-])CC2. The molecule has 0 spiro atoms. The van der Waals surface area contributed by atoms with Crippen LogP contribution < -0.4 is 19.5 Å². The fourth-order valence-corrected chi connectivity index (χ4v) is 4.41. The Morgan fingerprint density at radius 1 is 1.12 bits per heavy atom. The molecule has 184 valence electrons. The number of fused-ring (bicyclic) bond motifs is 1. The van der Waals surface area contributed by atoms with E-state index in [-0.39, 0.29) is 29.3 Å². The van der Waals surface area contributed by atoms with E-state index in [1.54, 1.807) is 7.11 Å². The molecule has 1 atom stereocenters. The van der Waals surface area contributed by atoms with Crippen LogP contribution in [0.2, 0.25) is 0 Å². The van der Waals surface area contributed by atoms with Crippen LogP contribution in [0.5, 0.6) is 17.2 Å². The molecule has 0 bridgehead atoms. The highest BCUT2D eigenvalue weighted by atomic mass is 16.6. The van der Waals surface area contributed by atoms with Crippen molar-refractivity contribution in [2.75, 3.05) is 41.5 Å². The molecule has 9 nitrogen and oxygen atoms in total. The number of nitrogens with zero attached hydrogens (tertiary/aromatic N) is 2. The number of likely N-dealkylation sites (N-methyl/N-ethyl adjacent to an activating group) is 1. The maximum absolute atomic E-state index is 12.5. The first-order chi connectivity index (χ1) is 16.4. The first-order valence-corrected chi connectivity index (χ1v) is 11.4. The van der Waals surface area contributed by atoms with Crippen molar-refractivity contribution in [3.63, 3.8) is 0 Å². The summed E-state index contributed by atoms with van der Waals surface area (Å²) >= 11 is 0. The molecule has 1 aliphatic carbocycles. The predicted molar refractivity (Wildman–Crippen MR) is 129 cm³/mol. The molecule has 0 aromatic heterocycles. The van der Waals surface area contributed by atoms with E-state index in [4.69, 9.17) is 14.2 Å². The average molecular weight is 472 g/mol. The number of benzene rings is 2. The van der Waals surface area contributed by atoms with Gasteiger partial charge in [0, 0.05) is 18.2 Å². The molecule has 0 saturated heterocycles. The molecule has 0 saturated carbocycles. The predicted octanol–water partition coefficient (Wildman–Crippen LogP) is 3.16. The van der Waals surface area contributed by atoms with E-state index in [0.29, 0.717) is 18.3 Å². The van der Waals surface area contributed by atoms with E-state index in [2.05, 4.69) is 29.4 Å². The largest absolute Gasteiger partial charge is 0.497 e. The summed E-state index contributed by atoms with van der Waals surface area (Å²) in [5.74, 6) is 1.23. The normalized spacial score (nSPS) is 14.9. The molecule has 1 amide bonds. The van der Waals surface area contributed by atoms with Gasteiger partial charge in [-0.05, 0) is 68.6 Å². The van der Waals surface area contributed by atoms with Gasteiger partial charge in [-0.3, -0.25) is 14.9 Å². The molecule has 0 heterocycles. The maximum atomic E-state index is 12.5. The minimum atomic E-state index is -0.516. The quantitative estimate of drug-likeness (QED) is 0.305. The van der Waals surface area contributed by atoms with Gasteiger partial charge >= 0.3 is 0 Å². The number of ether oxygens (including phenoxy) is 3. The molecule has 2 aromatic rings. The second-order valence-electron chi connectivity index (χ2n) is 8.49. The summed E-state index contributed by atoms with van der Waals surface area (Å²) in [6.45, 7) is 1.35. The number of carbonyl (C=O) groups excluding carboxylic acids is 1. The van der Waals surface area contributed by atoms with Crippen LogP contribution >= 0.6 is 0 Å². The van der Waals surface area contributed by atoms with Crippen molar-refractivity contribution in [2.45, 2.75) is 38.1 Å². The van der Waals surface area contributed by atoms with Gasteiger partial charge in [-0.2, -0.15) is 0 Å². The van der Waals surface area contributed by atoms with Crippen LogP contribution in [0.4, 0.5) is 5.69 Å². The van der Waals surface area contributed by atoms with Crippen molar-refractivity contribution in [3.8, 4) is 17.2 Å². The lowest BCUT2D eigenvalue weighted by molar-refractivity contribution is -0.385. The molecular formula is C25H33N3O6. The number of amides is 1. The highest BCUT2D eigenvalue weighted by Gasteiger charge is 2.23. The third-order valence-corrected chi connectivity index (χ3v) is 6.38. The molecule has 0 fully saturated rings. The highest BCUT2D eigenvalue weighted by molar-refractivity contribution is 5.80. The molecule has 0 aliphatic heterocycles. The number of hydrogen-bond donors (Lipinski definition) is 1. The zero-order chi connectivity index (χ0) is 24.7. The van der Waals surface area contributed by atoms with Gasteiger partial charge in [-0.25, -0.2) is 0 Å². The first-order valence-electron chi connectivity index (χ1n) is 11.4. The molecular weight excluding hydrogens is 438 g/mol. The van der Waals surface area contributed by atoms with Gasteiger partial charge in [0.25, 0.3) is 5.69 Å². The number of nitrogens with one attached hydrogen (secondary N) is 1. The summed E-state index contributed by atoms with van der Waals surface area (Å²) in [7, 11) is 6.66. The molecule has 1 N–H and O–H groups in total. The monoisotopic (exact) mass is 471 g/mol. The Morgan fingerprint density at radius 3 is 2.53 bits per heavy atom. The van der Waals surface area contributed by atoms with Gasteiger partial charge in [0.2, 0.25) is 5.91 Å². The third kappa shape index (κ3) is 6.17. The number of methoxy groups -OCH3 is 3. The van der Waals surface area contributed by atoms with Crippen molar-refractivity contribution in [3.05, 3.63) is 57.1 Å². The van der Waals surface area contributed by atoms with Gasteiger partial charge in [0.1, 0.15) is 5.75 Å². The average Bonchev–Trinajstić information content (AvgIpc) is 2.85. The molecule has 1 unspecified atom stereocenters. The molecule has 0 radical (unpaired) electrons. The van der Waals surface area contributed by atoms with Crippen LogP contribution in [0.1, 0.15) is 29.5 Å². The Bertz CT molecular complexity index is 1030. The Hall–Kier alpha value is -3.33. The minimum absolute atomic E-state index is 0.103. The van der Waals surface area contributed by atoms with E-state index in [1.807, 2.05) is 6.07 Å². The summed E-state index contributed by atoms with van der Waals surface area (Å²) in [6, 6.07) is 9.52. The Balaban J connectivity index is 1.49. The zero-order valence-corrected chi connectivity index (χ0v) is 20.3. The van der Waals surface area contributed by atoms with Crippen molar-refractivity contribution >= 4 is 11.6 Å². The van der Waals surface area contributed by atoms with Crippen LogP contribution in [-0.4, -0.2) is 63.2 Å². The lowest BCUT2D eigenvalue weighted by Gasteiger charge is -2.32. The number of nitro benzene ring substituents is 1. The van der Waals surface area contributed by atoms with E-state index < -0.39 is 4.92 Å². The van der Waals surface area contributed by atoms with Gasteiger partial charge in [0.05, 0.1) is 38.7 Å². The summed E-state index contributed by atoms with van der Waals surface area (Å²) in [5, 5.41) is 14.3. The minimum Gasteiger partial charge on any atom is -0.497 e. The lowest BCUT2D eigenvalue weighted by atomic mass is 9.87. The lowest BCUT2D eigenvalue weighted by Crippen LogP contribution is -2.38. The van der Waals surface area contributed by atoms with Crippen LogP contribution in [0, 0.1) is 10.1 Å². The van der Waals surface area contributed by atoms with Gasteiger partial charge < -0.3 is 24.4 Å².